The second kappa shape index (κ2) is 11.4. The summed E-state index contributed by atoms with van der Waals surface area (Å²) in [6, 6.07) is 9.33. The molecular weight excluding hydrogens is 578 g/mol. The van der Waals surface area contributed by atoms with E-state index in [9.17, 15) is 33.5 Å². The minimum Gasteiger partial charge on any atom is -0.775 e. The fourth-order valence-electron chi connectivity index (χ4n) is 6.01. The topological polar surface area (TPSA) is 161 Å². The van der Waals surface area contributed by atoms with Gasteiger partial charge in [-0.2, -0.15) is 4.58 Å². The second-order valence-electron chi connectivity index (χ2n) is 11.8. The van der Waals surface area contributed by atoms with Gasteiger partial charge in [0.2, 0.25) is 5.69 Å². The molecule has 4 rings (SSSR count). The van der Waals surface area contributed by atoms with Crippen molar-refractivity contribution < 1.29 is 43.2 Å². The van der Waals surface area contributed by atoms with Crippen LogP contribution in [0.1, 0.15) is 71.4 Å². The fraction of sp³-hybridized carbons (Fsp3) is 0.433. The van der Waals surface area contributed by atoms with Crippen LogP contribution in [-0.4, -0.2) is 49.1 Å². The maximum atomic E-state index is 12.0. The molecule has 0 fully saturated rings. The van der Waals surface area contributed by atoms with Crippen LogP contribution < -0.4 is 20.4 Å². The molecule has 0 aliphatic carbocycles. The van der Waals surface area contributed by atoms with Crippen LogP contribution >= 0.6 is 15.2 Å². The van der Waals surface area contributed by atoms with Gasteiger partial charge in [-0.1, -0.05) is 5.73 Å². The highest BCUT2D eigenvalue weighted by Crippen LogP contribution is 2.49. The molecule has 226 valence electrons. The first kappa shape index (κ1) is 32.1. The first-order chi connectivity index (χ1) is 19.4. The van der Waals surface area contributed by atoms with Crippen molar-refractivity contribution in [1.29, 1.82) is 0 Å². The van der Waals surface area contributed by atoms with Crippen molar-refractivity contribution in [3.8, 4) is 0 Å². The minimum absolute atomic E-state index is 0.0400. The van der Waals surface area contributed by atoms with Crippen LogP contribution in [-0.2, 0) is 24.8 Å². The predicted molar refractivity (Wildman–Crippen MR) is 161 cm³/mol. The van der Waals surface area contributed by atoms with Crippen LogP contribution in [0.3, 0.4) is 0 Å². The average Bonchev–Trinajstić information content (AvgIpc) is 3.23. The lowest BCUT2D eigenvalue weighted by Gasteiger charge is -2.24. The normalized spacial score (nSPS) is 18.4. The number of unbranched alkanes of at least 4 members (excludes halogenated alkanes) is 2. The number of hydrogen-bond donors (Lipinski definition) is 4. The van der Waals surface area contributed by atoms with Crippen molar-refractivity contribution in [3.63, 3.8) is 0 Å². The van der Waals surface area contributed by atoms with Gasteiger partial charge < -0.3 is 34.1 Å². The number of hydrogen-bond acceptors (Lipinski definition) is 5. The Bertz CT molecular complexity index is 1620. The van der Waals surface area contributed by atoms with Crippen molar-refractivity contribution in [1.82, 2.24) is 0 Å². The number of likely N-dealkylation sites (N-methyl/N-ethyl adjacent to an activating group) is 1. The number of nitrogens with zero attached hydrogens (tertiary/aromatic N) is 2. The molecule has 2 aliphatic heterocycles. The number of anilines is 1. The summed E-state index contributed by atoms with van der Waals surface area (Å²) in [5, 5.41) is 8.79. The highest BCUT2D eigenvalue weighted by atomic mass is 31.2. The first-order valence-corrected chi connectivity index (χ1v) is 17.1. The number of rotatable bonds is 10. The Kier molecular flexibility index (Phi) is 8.69. The summed E-state index contributed by atoms with van der Waals surface area (Å²) in [5.74, 6) is -0.836. The molecule has 10 nitrogen and oxygen atoms in total. The zero-order chi connectivity index (χ0) is 31.3. The highest BCUT2D eigenvalue weighted by Gasteiger charge is 2.46. The number of carbonyl (C=O) groups is 1. The third-order valence-corrected chi connectivity index (χ3v) is 10.2. The van der Waals surface area contributed by atoms with Gasteiger partial charge in [0.1, 0.15) is 6.54 Å². The number of allylic oxidation sites excluding steroid dienone is 1. The monoisotopic (exact) mass is 616 g/mol. The van der Waals surface area contributed by atoms with Gasteiger partial charge in [0.25, 0.3) is 0 Å². The summed E-state index contributed by atoms with van der Waals surface area (Å²) in [6.45, 7) is 11.1. The Morgan fingerprint density at radius 3 is 2.21 bits per heavy atom. The summed E-state index contributed by atoms with van der Waals surface area (Å²) >= 11 is 0. The molecule has 2 aliphatic rings. The fourth-order valence-corrected chi connectivity index (χ4v) is 7.13. The lowest BCUT2D eigenvalue weighted by Crippen LogP contribution is -2.29. The molecule has 0 spiro atoms. The Hall–Kier alpha value is -2.80. The van der Waals surface area contributed by atoms with E-state index in [0.29, 0.717) is 32.4 Å². The molecule has 4 N–H and O–H groups in total. The molecule has 0 bridgehead atoms. The molecule has 2 heterocycles. The molecule has 42 heavy (non-hydrogen) atoms. The number of benzene rings is 2. The Balaban J connectivity index is 1.84. The van der Waals surface area contributed by atoms with Gasteiger partial charge in [0.05, 0.1) is 22.5 Å². The molecule has 0 amide bonds. The van der Waals surface area contributed by atoms with E-state index in [1.54, 1.807) is 18.2 Å². The van der Waals surface area contributed by atoms with Gasteiger partial charge in [-0.05, 0) is 83.4 Å². The lowest BCUT2D eigenvalue weighted by atomic mass is 9.81. The molecule has 1 atom stereocenters. The molecule has 0 saturated heterocycles. The van der Waals surface area contributed by atoms with E-state index < -0.39 is 32.0 Å². The Morgan fingerprint density at radius 2 is 1.62 bits per heavy atom. The van der Waals surface area contributed by atoms with Crippen LogP contribution in [0.4, 0.5) is 11.4 Å². The number of aliphatic carboxylic acids is 1. The maximum Gasteiger partial charge on any atom is 0.356 e. The largest absolute Gasteiger partial charge is 0.775 e. The maximum absolute atomic E-state index is 12.0. The summed E-state index contributed by atoms with van der Waals surface area (Å²) in [5.41, 5.74) is 7.09. The highest BCUT2D eigenvalue weighted by molar-refractivity contribution is 7.60. The van der Waals surface area contributed by atoms with Crippen molar-refractivity contribution >= 4 is 48.9 Å². The summed E-state index contributed by atoms with van der Waals surface area (Å²) in [4.78, 5) is 54.3. The molecule has 12 heteroatoms. The van der Waals surface area contributed by atoms with E-state index in [0.717, 1.165) is 33.9 Å². The smallest absolute Gasteiger partial charge is 0.356 e. The zero-order valence-electron chi connectivity index (χ0n) is 24.5. The van der Waals surface area contributed by atoms with Crippen molar-refractivity contribution in [3.05, 3.63) is 65.0 Å². The third kappa shape index (κ3) is 5.99. The van der Waals surface area contributed by atoms with Gasteiger partial charge in [0, 0.05) is 47.4 Å². The van der Waals surface area contributed by atoms with Gasteiger partial charge >= 0.3 is 13.6 Å². The summed E-state index contributed by atoms with van der Waals surface area (Å²) < 4.78 is 26.1. The van der Waals surface area contributed by atoms with Gasteiger partial charge in [-0.3, -0.25) is 9.36 Å². The van der Waals surface area contributed by atoms with Crippen LogP contribution in [0.2, 0.25) is 0 Å². The molecule has 1 unspecified atom stereocenters. The van der Waals surface area contributed by atoms with Crippen LogP contribution in [0.25, 0.3) is 0 Å². The molecule has 0 saturated carbocycles. The summed E-state index contributed by atoms with van der Waals surface area (Å²) in [6.07, 6.45) is 3.94. The van der Waals surface area contributed by atoms with Crippen molar-refractivity contribution in [2.24, 2.45) is 0 Å². The molecule has 0 radical (unpaired) electrons. The number of fused-ring (bicyclic) bond motifs is 2. The first-order valence-electron chi connectivity index (χ1n) is 13.9. The Labute approximate surface area is 246 Å². The minimum atomic E-state index is -4.72. The quantitative estimate of drug-likeness (QED) is 0.135. The van der Waals surface area contributed by atoms with Gasteiger partial charge in [-0.15, -0.1) is 0 Å². The van der Waals surface area contributed by atoms with Crippen molar-refractivity contribution in [2.75, 3.05) is 18.0 Å². The Morgan fingerprint density at radius 1 is 0.976 bits per heavy atom. The van der Waals surface area contributed by atoms with E-state index in [1.807, 2.05) is 40.7 Å². The van der Waals surface area contributed by atoms with E-state index in [-0.39, 0.29) is 17.0 Å². The van der Waals surface area contributed by atoms with E-state index in [2.05, 4.69) is 15.2 Å². The standard InChI is InChI=1S/C30H38N2O8P2/c1-6-31-24-13-11-20(41(35,36)37)18-22(24)29(2,3)26(31)15-16-27-30(4,5)23-19-21(42(38,39)40)12-14-25(23)32(27)17-9-7-8-10-28(33)34/h11-14,16,18-19H,6-10,17H2,1-5H3,(H4-,33,34,35,36,37,38,39,40). The molecule has 2 aromatic rings. The van der Waals surface area contributed by atoms with Crippen LogP contribution in [0.5, 0.6) is 0 Å². The molecule has 0 aromatic heterocycles. The van der Waals surface area contributed by atoms with Gasteiger partial charge in [-0.25, -0.2) is 0 Å². The number of carboxylic acid groups (broad SMARTS) is 1. The number of carboxylic acids is 1. The zero-order valence-corrected chi connectivity index (χ0v) is 26.3. The van der Waals surface area contributed by atoms with E-state index in [4.69, 9.17) is 5.11 Å². The molecular formula is C30H38N2O8P2. The average molecular weight is 617 g/mol. The van der Waals surface area contributed by atoms with E-state index in [1.165, 1.54) is 18.2 Å². The van der Waals surface area contributed by atoms with Crippen molar-refractivity contribution in [2.45, 2.75) is 71.1 Å². The van der Waals surface area contributed by atoms with Gasteiger partial charge in [0.15, 0.2) is 13.3 Å². The van der Waals surface area contributed by atoms with Crippen LogP contribution in [0, 0.1) is 0 Å². The SMILES string of the molecule is CCN1C(=C=CC2=[N+](CCCCCC(=O)O)c3ccc(P(=O)([O-])O)cc3C2(C)C)C(C)(C)c2cc(P(=O)(O)O)ccc21. The third-order valence-electron chi connectivity index (χ3n) is 8.28. The van der Waals surface area contributed by atoms with Crippen LogP contribution in [0.15, 0.2) is 53.9 Å². The predicted octanol–water partition coefficient (Wildman–Crippen LogP) is 3.54. The second-order valence-corrected chi connectivity index (χ2v) is 15.0. The lowest BCUT2D eigenvalue weighted by molar-refractivity contribution is -0.438. The molecule has 2 aromatic carbocycles. The van der Waals surface area contributed by atoms with E-state index >= 15 is 0 Å². The summed E-state index contributed by atoms with van der Waals surface area (Å²) in [7, 11) is -9.17.